The second-order valence-corrected chi connectivity index (χ2v) is 6.43. The van der Waals surface area contributed by atoms with Gasteiger partial charge in [0.2, 0.25) is 5.88 Å². The highest BCUT2D eigenvalue weighted by Gasteiger charge is 2.22. The van der Waals surface area contributed by atoms with E-state index in [-0.39, 0.29) is 29.8 Å². The Morgan fingerprint density at radius 3 is 2.67 bits per heavy atom. The molecule has 1 heterocycles. The first-order valence-corrected chi connectivity index (χ1v) is 9.07. The summed E-state index contributed by atoms with van der Waals surface area (Å²) in [7, 11) is 0. The van der Waals surface area contributed by atoms with Gasteiger partial charge < -0.3 is 15.4 Å². The van der Waals surface area contributed by atoms with E-state index in [4.69, 9.17) is 4.74 Å². The Hall–Kier alpha value is -1.90. The van der Waals surface area contributed by atoms with E-state index in [0.717, 1.165) is 24.3 Å². The van der Waals surface area contributed by atoms with Crippen molar-refractivity contribution in [3.8, 4) is 5.88 Å². The van der Waals surface area contributed by atoms with Gasteiger partial charge in [0.1, 0.15) is 5.82 Å². The quantitative estimate of drug-likeness (QED) is 0.339. The van der Waals surface area contributed by atoms with Crippen molar-refractivity contribution in [2.45, 2.75) is 32.9 Å². The van der Waals surface area contributed by atoms with Crippen molar-refractivity contribution in [2.24, 2.45) is 10.9 Å². The normalized spacial score (nSPS) is 13.6. The largest absolute Gasteiger partial charge is 0.477 e. The van der Waals surface area contributed by atoms with Crippen LogP contribution in [0.1, 0.15) is 30.9 Å². The zero-order valence-electron chi connectivity index (χ0n) is 15.5. The Kier molecular flexibility index (Phi) is 8.77. The van der Waals surface area contributed by atoms with Gasteiger partial charge in [-0.2, -0.15) is 0 Å². The van der Waals surface area contributed by atoms with Crippen LogP contribution in [0.2, 0.25) is 0 Å². The van der Waals surface area contributed by atoms with Gasteiger partial charge in [-0.25, -0.2) is 14.4 Å². The lowest BCUT2D eigenvalue weighted by molar-refractivity contribution is 0.288. The standard InChI is InChI=1S/C20H25FN4O.HI/c1-2-22-20(24-12-15-5-7-18(21)8-6-15)25-13-17-9-10-23-19(11-17)26-14-16-3-4-16;/h5-11,16H,2-4,12-14H2,1H3,(H2,22,24,25);1H. The monoisotopic (exact) mass is 484 g/mol. The third-order valence-electron chi connectivity index (χ3n) is 4.10. The van der Waals surface area contributed by atoms with E-state index in [1.165, 1.54) is 25.0 Å². The van der Waals surface area contributed by atoms with Crippen LogP contribution >= 0.6 is 24.0 Å². The molecular formula is C20H26FIN4O. The third kappa shape index (κ3) is 7.70. The van der Waals surface area contributed by atoms with Crippen LogP contribution in [-0.4, -0.2) is 24.1 Å². The molecule has 0 atom stereocenters. The van der Waals surface area contributed by atoms with E-state index in [0.29, 0.717) is 30.8 Å². The fourth-order valence-electron chi connectivity index (χ4n) is 2.42. The summed E-state index contributed by atoms with van der Waals surface area (Å²) in [5.41, 5.74) is 2.04. The maximum Gasteiger partial charge on any atom is 0.213 e. The first kappa shape index (κ1) is 21.4. The lowest BCUT2D eigenvalue weighted by atomic mass is 10.2. The molecule has 1 saturated carbocycles. The maximum absolute atomic E-state index is 13.0. The number of rotatable bonds is 8. The number of nitrogens with one attached hydrogen (secondary N) is 2. The maximum atomic E-state index is 13.0. The molecule has 0 unspecified atom stereocenters. The van der Waals surface area contributed by atoms with Crippen molar-refractivity contribution in [1.82, 2.24) is 15.6 Å². The number of hydrogen-bond acceptors (Lipinski definition) is 3. The lowest BCUT2D eigenvalue weighted by Gasteiger charge is -2.11. The third-order valence-corrected chi connectivity index (χ3v) is 4.10. The highest BCUT2D eigenvalue weighted by atomic mass is 127. The fraction of sp³-hybridized carbons (Fsp3) is 0.400. The molecule has 1 aliphatic carbocycles. The molecule has 1 aliphatic rings. The topological polar surface area (TPSA) is 58.5 Å². The van der Waals surface area contributed by atoms with Crippen molar-refractivity contribution in [3.05, 3.63) is 59.5 Å². The Balaban J connectivity index is 0.00000261. The summed E-state index contributed by atoms with van der Waals surface area (Å²) in [5, 5.41) is 6.47. The number of aliphatic imine (C=N–C) groups is 1. The molecular weight excluding hydrogens is 458 g/mol. The molecule has 0 amide bonds. The van der Waals surface area contributed by atoms with E-state index >= 15 is 0 Å². The van der Waals surface area contributed by atoms with E-state index in [1.54, 1.807) is 18.3 Å². The van der Waals surface area contributed by atoms with Crippen molar-refractivity contribution in [2.75, 3.05) is 13.2 Å². The van der Waals surface area contributed by atoms with Crippen LogP contribution in [0, 0.1) is 11.7 Å². The van der Waals surface area contributed by atoms with E-state index in [9.17, 15) is 4.39 Å². The zero-order chi connectivity index (χ0) is 18.2. The van der Waals surface area contributed by atoms with Crippen molar-refractivity contribution in [3.63, 3.8) is 0 Å². The number of ether oxygens (including phenoxy) is 1. The molecule has 0 saturated heterocycles. The SMILES string of the molecule is CCNC(=NCc1ccnc(OCC2CC2)c1)NCc1ccc(F)cc1.I. The summed E-state index contributed by atoms with van der Waals surface area (Å²) in [4.78, 5) is 8.86. The molecule has 2 aromatic rings. The summed E-state index contributed by atoms with van der Waals surface area (Å²) in [5.74, 6) is 1.85. The molecule has 2 N–H and O–H groups in total. The summed E-state index contributed by atoms with van der Waals surface area (Å²) in [6.45, 7) is 4.65. The summed E-state index contributed by atoms with van der Waals surface area (Å²) in [6, 6.07) is 10.3. The molecule has 3 rings (SSSR count). The fourth-order valence-corrected chi connectivity index (χ4v) is 2.42. The molecule has 0 spiro atoms. The van der Waals surface area contributed by atoms with Crippen LogP contribution in [0.25, 0.3) is 0 Å². The van der Waals surface area contributed by atoms with Gasteiger partial charge >= 0.3 is 0 Å². The van der Waals surface area contributed by atoms with Gasteiger partial charge in [-0.05, 0) is 55.0 Å². The first-order chi connectivity index (χ1) is 12.7. The minimum atomic E-state index is -0.230. The smallest absolute Gasteiger partial charge is 0.213 e. The van der Waals surface area contributed by atoms with Crippen molar-refractivity contribution in [1.29, 1.82) is 0 Å². The molecule has 7 heteroatoms. The molecule has 27 heavy (non-hydrogen) atoms. The predicted molar refractivity (Wildman–Crippen MR) is 116 cm³/mol. The predicted octanol–water partition coefficient (Wildman–Crippen LogP) is 3.88. The van der Waals surface area contributed by atoms with Gasteiger partial charge in [-0.15, -0.1) is 24.0 Å². The van der Waals surface area contributed by atoms with E-state index < -0.39 is 0 Å². The number of nitrogens with zero attached hydrogens (tertiary/aromatic N) is 2. The molecule has 1 aromatic heterocycles. The van der Waals surface area contributed by atoms with Crippen LogP contribution in [0.5, 0.6) is 5.88 Å². The summed E-state index contributed by atoms with van der Waals surface area (Å²) in [6.07, 6.45) is 4.28. The van der Waals surface area contributed by atoms with Gasteiger partial charge in [-0.1, -0.05) is 12.1 Å². The first-order valence-electron chi connectivity index (χ1n) is 9.07. The molecule has 1 fully saturated rings. The Labute approximate surface area is 176 Å². The average Bonchev–Trinajstić information content (AvgIpc) is 3.48. The van der Waals surface area contributed by atoms with Gasteiger partial charge in [0, 0.05) is 25.4 Å². The van der Waals surface area contributed by atoms with Gasteiger partial charge in [0.05, 0.1) is 13.2 Å². The number of benzene rings is 1. The molecule has 0 bridgehead atoms. The zero-order valence-corrected chi connectivity index (χ0v) is 17.8. The summed E-state index contributed by atoms with van der Waals surface area (Å²) < 4.78 is 18.7. The number of pyridine rings is 1. The molecule has 146 valence electrons. The minimum absolute atomic E-state index is 0. The van der Waals surface area contributed by atoms with Crippen LogP contribution in [-0.2, 0) is 13.1 Å². The second-order valence-electron chi connectivity index (χ2n) is 6.43. The highest BCUT2D eigenvalue weighted by Crippen LogP contribution is 2.29. The Morgan fingerprint density at radius 2 is 1.96 bits per heavy atom. The van der Waals surface area contributed by atoms with E-state index in [2.05, 4.69) is 20.6 Å². The van der Waals surface area contributed by atoms with Crippen LogP contribution in [0.4, 0.5) is 4.39 Å². The van der Waals surface area contributed by atoms with E-state index in [1.807, 2.05) is 19.1 Å². The Bertz CT molecular complexity index is 735. The van der Waals surface area contributed by atoms with Gasteiger partial charge in [-0.3, -0.25) is 0 Å². The van der Waals surface area contributed by atoms with Crippen LogP contribution < -0.4 is 15.4 Å². The van der Waals surface area contributed by atoms with Crippen LogP contribution in [0.15, 0.2) is 47.6 Å². The second kappa shape index (κ2) is 11.1. The highest BCUT2D eigenvalue weighted by molar-refractivity contribution is 14.0. The van der Waals surface area contributed by atoms with Crippen LogP contribution in [0.3, 0.4) is 0 Å². The molecule has 1 aromatic carbocycles. The molecule has 0 aliphatic heterocycles. The van der Waals surface area contributed by atoms with Crippen molar-refractivity contribution < 1.29 is 9.13 Å². The lowest BCUT2D eigenvalue weighted by Crippen LogP contribution is -2.36. The minimum Gasteiger partial charge on any atom is -0.477 e. The number of aromatic nitrogens is 1. The molecule has 0 radical (unpaired) electrons. The van der Waals surface area contributed by atoms with Gasteiger partial charge in [0.25, 0.3) is 0 Å². The number of guanidine groups is 1. The van der Waals surface area contributed by atoms with Crippen molar-refractivity contribution >= 4 is 29.9 Å². The Morgan fingerprint density at radius 1 is 1.19 bits per heavy atom. The number of hydrogen-bond donors (Lipinski definition) is 2. The summed E-state index contributed by atoms with van der Waals surface area (Å²) >= 11 is 0. The number of halogens is 2. The average molecular weight is 484 g/mol. The van der Waals surface area contributed by atoms with Gasteiger partial charge in [0.15, 0.2) is 5.96 Å². The molecule has 5 nitrogen and oxygen atoms in total.